The maximum Gasteiger partial charge on any atom is 0.223 e. The molecule has 0 radical (unpaired) electrons. The Morgan fingerprint density at radius 3 is 2.87 bits per heavy atom. The first-order valence-corrected chi connectivity index (χ1v) is 8.59. The van der Waals surface area contributed by atoms with Gasteiger partial charge in [-0.1, -0.05) is 13.3 Å². The third-order valence-corrected chi connectivity index (χ3v) is 5.67. The molecule has 1 aromatic rings. The molecule has 1 atom stereocenters. The molecule has 5 rings (SSSR count). The molecule has 0 saturated carbocycles. The minimum Gasteiger partial charge on any atom is -0.425 e. The molecule has 0 aromatic carbocycles. The van der Waals surface area contributed by atoms with E-state index in [0.717, 1.165) is 63.3 Å². The molecule has 6 nitrogen and oxygen atoms in total. The maximum absolute atomic E-state index is 9.78. The highest BCUT2D eigenvalue weighted by molar-refractivity contribution is 5.62. The molecule has 0 amide bonds. The van der Waals surface area contributed by atoms with Crippen LogP contribution in [0.25, 0.3) is 0 Å². The largest absolute Gasteiger partial charge is 0.425 e. The van der Waals surface area contributed by atoms with E-state index in [2.05, 4.69) is 23.2 Å². The first-order valence-electron chi connectivity index (χ1n) is 8.59. The normalized spacial score (nSPS) is 31.8. The quantitative estimate of drug-likeness (QED) is 0.888. The zero-order valence-corrected chi connectivity index (χ0v) is 13.6. The standard InChI is InChI=1S/C17H23N5O/c1-2-3-4-13-20-14-16(23-13)21-15(19)12(9-18)17(14)10-22-7-5-11(17)6-8-22/h11,21H,2-8,10,19H2,1H3/t17-/m0/s1. The Hall–Kier alpha value is -2.00. The van der Waals surface area contributed by atoms with Gasteiger partial charge in [-0.25, -0.2) is 4.98 Å². The number of nitrogens with zero attached hydrogens (tertiary/aromatic N) is 3. The van der Waals surface area contributed by atoms with E-state index < -0.39 is 0 Å². The molecule has 23 heavy (non-hydrogen) atoms. The number of nitrogens with one attached hydrogen (secondary N) is 1. The van der Waals surface area contributed by atoms with Crippen molar-refractivity contribution in [2.24, 2.45) is 11.7 Å². The van der Waals surface area contributed by atoms with Crippen LogP contribution in [0.3, 0.4) is 0 Å². The smallest absolute Gasteiger partial charge is 0.223 e. The third kappa shape index (κ3) is 1.99. The zero-order chi connectivity index (χ0) is 16.0. The molecule has 0 unspecified atom stereocenters. The molecule has 122 valence electrons. The summed E-state index contributed by atoms with van der Waals surface area (Å²) < 4.78 is 5.94. The average Bonchev–Trinajstić information content (AvgIpc) is 2.98. The molecule has 6 heteroatoms. The Morgan fingerprint density at radius 1 is 1.48 bits per heavy atom. The van der Waals surface area contributed by atoms with Gasteiger partial charge in [-0.05, 0) is 38.3 Å². The molecule has 2 bridgehead atoms. The van der Waals surface area contributed by atoms with E-state index in [1.165, 1.54) is 0 Å². The van der Waals surface area contributed by atoms with Gasteiger partial charge in [0.1, 0.15) is 11.5 Å². The number of fused-ring (bicyclic) bond motifs is 3. The second-order valence-corrected chi connectivity index (χ2v) is 6.94. The highest BCUT2D eigenvalue weighted by Crippen LogP contribution is 2.53. The van der Waals surface area contributed by atoms with Gasteiger partial charge < -0.3 is 20.4 Å². The Morgan fingerprint density at radius 2 is 2.26 bits per heavy atom. The second kappa shape index (κ2) is 5.27. The molecule has 4 aliphatic heterocycles. The molecule has 0 aliphatic carbocycles. The highest BCUT2D eigenvalue weighted by atomic mass is 16.4. The van der Waals surface area contributed by atoms with Gasteiger partial charge in [0.15, 0.2) is 5.89 Å². The highest BCUT2D eigenvalue weighted by Gasteiger charge is 2.56. The number of unbranched alkanes of at least 4 members (excludes halogenated alkanes) is 1. The van der Waals surface area contributed by atoms with E-state index in [9.17, 15) is 5.26 Å². The molecule has 1 spiro atoms. The summed E-state index contributed by atoms with van der Waals surface area (Å²) in [6.07, 6.45) is 5.17. The SMILES string of the molecule is CCCCc1nc2c(o1)NC(N)=C(C#N)[C@@]21CN2CCC1CC2. The van der Waals surface area contributed by atoms with Crippen LogP contribution in [0.2, 0.25) is 0 Å². The molecule has 3 saturated heterocycles. The van der Waals surface area contributed by atoms with Crippen LogP contribution in [0, 0.1) is 17.2 Å². The maximum atomic E-state index is 9.78. The molecule has 3 fully saturated rings. The van der Waals surface area contributed by atoms with Gasteiger partial charge in [0.2, 0.25) is 5.88 Å². The van der Waals surface area contributed by atoms with E-state index in [1.807, 2.05) is 0 Å². The van der Waals surface area contributed by atoms with Gasteiger partial charge in [-0.15, -0.1) is 0 Å². The van der Waals surface area contributed by atoms with Gasteiger partial charge >= 0.3 is 0 Å². The second-order valence-electron chi connectivity index (χ2n) is 6.94. The van der Waals surface area contributed by atoms with Gasteiger partial charge in [-0.2, -0.15) is 5.26 Å². The monoisotopic (exact) mass is 313 g/mol. The van der Waals surface area contributed by atoms with E-state index >= 15 is 0 Å². The predicted octanol–water partition coefficient (Wildman–Crippen LogP) is 2.10. The van der Waals surface area contributed by atoms with Crippen LogP contribution >= 0.6 is 0 Å². The summed E-state index contributed by atoms with van der Waals surface area (Å²) in [5.41, 5.74) is 7.36. The van der Waals surface area contributed by atoms with Crippen molar-refractivity contribution in [3.8, 4) is 6.07 Å². The van der Waals surface area contributed by atoms with Crippen molar-refractivity contribution < 1.29 is 4.42 Å². The summed E-state index contributed by atoms with van der Waals surface area (Å²) in [6.45, 7) is 5.20. The van der Waals surface area contributed by atoms with Crippen molar-refractivity contribution in [3.05, 3.63) is 23.0 Å². The van der Waals surface area contributed by atoms with Crippen molar-refractivity contribution >= 4 is 5.88 Å². The summed E-state index contributed by atoms with van der Waals surface area (Å²) in [5.74, 6) is 2.27. The zero-order valence-electron chi connectivity index (χ0n) is 13.6. The van der Waals surface area contributed by atoms with Crippen LogP contribution in [0.5, 0.6) is 0 Å². The van der Waals surface area contributed by atoms with Crippen molar-refractivity contribution in [2.75, 3.05) is 25.0 Å². The fourth-order valence-electron chi connectivity index (χ4n) is 4.51. The van der Waals surface area contributed by atoms with E-state index in [-0.39, 0.29) is 5.41 Å². The van der Waals surface area contributed by atoms with Crippen LogP contribution < -0.4 is 11.1 Å². The van der Waals surface area contributed by atoms with Crippen LogP contribution in [-0.2, 0) is 11.8 Å². The van der Waals surface area contributed by atoms with Crippen LogP contribution in [0.15, 0.2) is 15.8 Å². The Labute approximate surface area is 136 Å². The van der Waals surface area contributed by atoms with Crippen LogP contribution in [-0.4, -0.2) is 29.5 Å². The average molecular weight is 313 g/mol. The first kappa shape index (κ1) is 14.6. The molecule has 4 aliphatic rings. The number of anilines is 1. The fourth-order valence-corrected chi connectivity index (χ4v) is 4.51. The summed E-state index contributed by atoms with van der Waals surface area (Å²) in [4.78, 5) is 7.25. The van der Waals surface area contributed by atoms with E-state index in [0.29, 0.717) is 23.2 Å². The van der Waals surface area contributed by atoms with Crippen molar-refractivity contribution in [1.29, 1.82) is 5.26 Å². The lowest BCUT2D eigenvalue weighted by atomic mass is 9.60. The Balaban J connectivity index is 1.83. The lowest BCUT2D eigenvalue weighted by Crippen LogP contribution is -2.59. The first-order chi connectivity index (χ1) is 11.2. The molecule has 1 aromatic heterocycles. The summed E-state index contributed by atoms with van der Waals surface area (Å²) in [5, 5.41) is 12.9. The Kier molecular flexibility index (Phi) is 3.34. The molecule has 3 N–H and O–H groups in total. The summed E-state index contributed by atoms with van der Waals surface area (Å²) in [7, 11) is 0. The lowest BCUT2D eigenvalue weighted by Gasteiger charge is -2.53. The van der Waals surface area contributed by atoms with Crippen molar-refractivity contribution in [1.82, 2.24) is 9.88 Å². The molecular weight excluding hydrogens is 290 g/mol. The lowest BCUT2D eigenvalue weighted by molar-refractivity contribution is 0.0422. The van der Waals surface area contributed by atoms with Gasteiger partial charge in [0.05, 0.1) is 17.1 Å². The minimum absolute atomic E-state index is 0.385. The third-order valence-electron chi connectivity index (χ3n) is 5.67. The number of hydrogen-bond acceptors (Lipinski definition) is 6. The predicted molar refractivity (Wildman–Crippen MR) is 86.4 cm³/mol. The van der Waals surface area contributed by atoms with Crippen LogP contribution in [0.1, 0.15) is 44.2 Å². The molecular formula is C17H23N5O. The topological polar surface area (TPSA) is 91.1 Å². The van der Waals surface area contributed by atoms with E-state index in [1.54, 1.807) is 0 Å². The number of rotatable bonds is 3. The number of piperidine rings is 3. The number of oxazole rings is 1. The van der Waals surface area contributed by atoms with Gasteiger partial charge in [0.25, 0.3) is 0 Å². The minimum atomic E-state index is -0.385. The van der Waals surface area contributed by atoms with Gasteiger partial charge in [-0.3, -0.25) is 0 Å². The van der Waals surface area contributed by atoms with Crippen molar-refractivity contribution in [2.45, 2.75) is 44.4 Å². The molecule has 5 heterocycles. The fraction of sp³-hybridized carbons (Fsp3) is 0.647. The number of nitrogens with two attached hydrogens (primary N) is 1. The number of hydrogen-bond donors (Lipinski definition) is 2. The van der Waals surface area contributed by atoms with E-state index in [4.69, 9.17) is 15.1 Å². The van der Waals surface area contributed by atoms with Gasteiger partial charge in [0, 0.05) is 13.0 Å². The number of aromatic nitrogens is 1. The summed E-state index contributed by atoms with van der Waals surface area (Å²) in [6, 6.07) is 2.38. The number of nitriles is 1. The number of aryl methyl sites for hydroxylation is 1. The van der Waals surface area contributed by atoms with Crippen molar-refractivity contribution in [3.63, 3.8) is 0 Å². The van der Waals surface area contributed by atoms with Crippen LogP contribution in [0.4, 0.5) is 5.88 Å². The summed E-state index contributed by atoms with van der Waals surface area (Å²) >= 11 is 0. The Bertz CT molecular complexity index is 692.